The maximum absolute atomic E-state index is 12.7. The zero-order valence-electron chi connectivity index (χ0n) is 15.8. The van der Waals surface area contributed by atoms with Gasteiger partial charge in [0.15, 0.2) is 6.23 Å². The fourth-order valence-electron chi connectivity index (χ4n) is 3.34. The number of hydrogen-bond acceptors (Lipinski definition) is 6. The third kappa shape index (κ3) is 4.22. The van der Waals surface area contributed by atoms with Crippen molar-refractivity contribution in [3.8, 4) is 11.5 Å². The molecule has 0 aromatic heterocycles. The van der Waals surface area contributed by atoms with E-state index in [1.807, 2.05) is 43.3 Å². The molecule has 0 aliphatic carbocycles. The largest absolute Gasteiger partial charge is 0.492 e. The quantitative estimate of drug-likeness (QED) is 0.785. The van der Waals surface area contributed by atoms with Crippen LogP contribution in [0.3, 0.4) is 0 Å². The van der Waals surface area contributed by atoms with E-state index >= 15 is 0 Å². The van der Waals surface area contributed by atoms with Gasteiger partial charge in [-0.3, -0.25) is 19.3 Å². The van der Waals surface area contributed by atoms with E-state index in [-0.39, 0.29) is 22.5 Å². The van der Waals surface area contributed by atoms with Crippen molar-refractivity contribution in [2.75, 3.05) is 13.2 Å². The normalized spacial score (nSPS) is 20.9. The zero-order valence-corrected chi connectivity index (χ0v) is 16.6. The van der Waals surface area contributed by atoms with Crippen molar-refractivity contribution in [3.63, 3.8) is 0 Å². The van der Waals surface area contributed by atoms with Crippen LogP contribution < -0.4 is 14.8 Å². The summed E-state index contributed by atoms with van der Waals surface area (Å²) < 4.78 is 11.6. The molecule has 2 amide bonds. The van der Waals surface area contributed by atoms with Crippen molar-refractivity contribution in [1.82, 2.24) is 10.2 Å². The molecule has 150 valence electrons. The number of nitrogens with zero attached hydrogens (tertiary/aromatic N) is 1. The van der Waals surface area contributed by atoms with E-state index in [1.54, 1.807) is 17.0 Å². The van der Waals surface area contributed by atoms with Gasteiger partial charge in [-0.25, -0.2) is 0 Å². The van der Waals surface area contributed by atoms with E-state index in [2.05, 4.69) is 5.32 Å². The number of nitrogens with one attached hydrogen (secondary N) is 1. The molecule has 8 heteroatoms. The molecule has 0 spiro atoms. The Balaban J connectivity index is 1.30. The summed E-state index contributed by atoms with van der Waals surface area (Å²) in [7, 11) is 0. The minimum absolute atomic E-state index is 0.0700. The second kappa shape index (κ2) is 8.16. The minimum atomic E-state index is -0.478. The standard InChI is InChI=1S/C21H20N2O5S/c1-13-23(19(24)16-4-2-3-5-18(16)28-13)10-11-27-15-8-6-14(7-9-15)12-17-20(25)29-21(26)22-17/h2-9,13,17H,10-12H2,1H3,(H,22,26). The molecule has 4 rings (SSSR count). The first-order valence-electron chi connectivity index (χ1n) is 9.32. The molecule has 2 heterocycles. The van der Waals surface area contributed by atoms with E-state index in [0.717, 1.165) is 5.56 Å². The van der Waals surface area contributed by atoms with Crippen molar-refractivity contribution in [2.24, 2.45) is 0 Å². The highest BCUT2D eigenvalue weighted by atomic mass is 32.2. The summed E-state index contributed by atoms with van der Waals surface area (Å²) in [6.45, 7) is 2.56. The molecule has 1 N–H and O–H groups in total. The lowest BCUT2D eigenvalue weighted by Gasteiger charge is -2.34. The maximum atomic E-state index is 12.7. The van der Waals surface area contributed by atoms with E-state index in [0.29, 0.717) is 48.4 Å². The lowest BCUT2D eigenvalue weighted by Crippen LogP contribution is -2.47. The summed E-state index contributed by atoms with van der Waals surface area (Å²) in [5.74, 6) is 1.20. The van der Waals surface area contributed by atoms with Gasteiger partial charge in [-0.2, -0.15) is 0 Å². The number of thioether (sulfide) groups is 1. The van der Waals surface area contributed by atoms with E-state index < -0.39 is 6.04 Å². The average molecular weight is 412 g/mol. The van der Waals surface area contributed by atoms with Crippen molar-refractivity contribution < 1.29 is 23.9 Å². The number of carbonyl (C=O) groups excluding carboxylic acids is 3. The molecule has 2 atom stereocenters. The molecular formula is C21H20N2O5S. The SMILES string of the molecule is CC1Oc2ccccc2C(=O)N1CCOc1ccc(CC2NC(=O)SC2=O)cc1. The molecule has 0 bridgehead atoms. The fourth-order valence-corrected chi connectivity index (χ4v) is 4.01. The van der Waals surface area contributed by atoms with Gasteiger partial charge in [0, 0.05) is 18.2 Å². The molecule has 7 nitrogen and oxygen atoms in total. The van der Waals surface area contributed by atoms with Gasteiger partial charge in [0.25, 0.3) is 11.1 Å². The van der Waals surface area contributed by atoms with Gasteiger partial charge in [-0.1, -0.05) is 24.3 Å². The molecule has 2 aliphatic heterocycles. The van der Waals surface area contributed by atoms with E-state index in [1.165, 1.54) is 0 Å². The van der Waals surface area contributed by atoms with Crippen LogP contribution in [0.5, 0.6) is 11.5 Å². The average Bonchev–Trinajstić information content (AvgIpc) is 3.02. The number of benzene rings is 2. The lowest BCUT2D eigenvalue weighted by molar-refractivity contribution is -0.112. The number of amides is 2. The van der Waals surface area contributed by atoms with E-state index in [9.17, 15) is 14.4 Å². The van der Waals surface area contributed by atoms with E-state index in [4.69, 9.17) is 9.47 Å². The molecule has 2 aromatic rings. The van der Waals surface area contributed by atoms with Crippen molar-refractivity contribution in [3.05, 3.63) is 59.7 Å². The molecule has 29 heavy (non-hydrogen) atoms. The molecular weight excluding hydrogens is 392 g/mol. The van der Waals surface area contributed by atoms with Gasteiger partial charge in [0.2, 0.25) is 5.12 Å². The van der Waals surface area contributed by atoms with Gasteiger partial charge in [-0.15, -0.1) is 0 Å². The van der Waals surface area contributed by atoms with Crippen LogP contribution in [0.15, 0.2) is 48.5 Å². The molecule has 2 aromatic carbocycles. The Bertz CT molecular complexity index is 946. The van der Waals surface area contributed by atoms with Gasteiger partial charge < -0.3 is 14.8 Å². The summed E-state index contributed by atoms with van der Waals surface area (Å²) in [6, 6.07) is 14.1. The zero-order chi connectivity index (χ0) is 20.4. The molecule has 0 saturated carbocycles. The van der Waals surface area contributed by atoms with Crippen LogP contribution in [0.25, 0.3) is 0 Å². The highest BCUT2D eigenvalue weighted by molar-refractivity contribution is 8.26. The van der Waals surface area contributed by atoms with Crippen LogP contribution in [-0.4, -0.2) is 46.6 Å². The van der Waals surface area contributed by atoms with Crippen LogP contribution in [0.1, 0.15) is 22.8 Å². The first-order chi connectivity index (χ1) is 14.0. The van der Waals surface area contributed by atoms with Gasteiger partial charge in [0.05, 0.1) is 12.1 Å². The Morgan fingerprint density at radius 1 is 1.10 bits per heavy atom. The van der Waals surface area contributed by atoms with Gasteiger partial charge in [0.1, 0.15) is 24.1 Å². The predicted molar refractivity (Wildman–Crippen MR) is 108 cm³/mol. The van der Waals surface area contributed by atoms with Crippen molar-refractivity contribution in [2.45, 2.75) is 25.6 Å². The molecule has 1 saturated heterocycles. The summed E-state index contributed by atoms with van der Waals surface area (Å²) in [4.78, 5) is 37.2. The van der Waals surface area contributed by atoms with Crippen LogP contribution >= 0.6 is 11.8 Å². The molecule has 1 fully saturated rings. The van der Waals surface area contributed by atoms with Crippen LogP contribution in [0.4, 0.5) is 4.79 Å². The second-order valence-electron chi connectivity index (χ2n) is 6.81. The molecule has 0 radical (unpaired) electrons. The Kier molecular flexibility index (Phi) is 5.44. The number of rotatable bonds is 6. The first kappa shape index (κ1) is 19.3. The number of hydrogen-bond donors (Lipinski definition) is 1. The molecule has 2 unspecified atom stereocenters. The molecule has 2 aliphatic rings. The monoisotopic (exact) mass is 412 g/mol. The van der Waals surface area contributed by atoms with Crippen molar-refractivity contribution >= 4 is 28.0 Å². The Labute approximate surface area is 172 Å². The highest BCUT2D eigenvalue weighted by Crippen LogP contribution is 2.27. The third-order valence-corrected chi connectivity index (χ3v) is 5.64. The lowest BCUT2D eigenvalue weighted by atomic mass is 10.1. The second-order valence-corrected chi connectivity index (χ2v) is 7.79. The minimum Gasteiger partial charge on any atom is -0.492 e. The summed E-state index contributed by atoms with van der Waals surface area (Å²) in [5.41, 5.74) is 1.49. The number of ether oxygens (including phenoxy) is 2. The summed E-state index contributed by atoms with van der Waals surface area (Å²) in [5, 5.41) is 2.20. The Hall–Kier alpha value is -3.00. The number of carbonyl (C=O) groups is 3. The van der Waals surface area contributed by atoms with Crippen molar-refractivity contribution in [1.29, 1.82) is 0 Å². The van der Waals surface area contributed by atoms with Crippen LogP contribution in [-0.2, 0) is 11.2 Å². The van der Waals surface area contributed by atoms with Crippen LogP contribution in [0.2, 0.25) is 0 Å². The predicted octanol–water partition coefficient (Wildman–Crippen LogP) is 2.84. The highest BCUT2D eigenvalue weighted by Gasteiger charge is 2.31. The Morgan fingerprint density at radius 3 is 2.59 bits per heavy atom. The number of para-hydroxylation sites is 1. The summed E-state index contributed by atoms with van der Waals surface area (Å²) in [6.07, 6.45) is 0.0920. The fraction of sp³-hybridized carbons (Fsp3) is 0.286. The van der Waals surface area contributed by atoms with Gasteiger partial charge >= 0.3 is 0 Å². The maximum Gasteiger partial charge on any atom is 0.287 e. The summed E-state index contributed by atoms with van der Waals surface area (Å²) >= 11 is 0.716. The van der Waals surface area contributed by atoms with Gasteiger partial charge in [-0.05, 0) is 36.8 Å². The topological polar surface area (TPSA) is 84.9 Å². The Morgan fingerprint density at radius 2 is 1.86 bits per heavy atom. The smallest absolute Gasteiger partial charge is 0.287 e. The number of fused-ring (bicyclic) bond motifs is 1. The third-order valence-electron chi connectivity index (χ3n) is 4.85. The van der Waals surface area contributed by atoms with Crippen LogP contribution in [0, 0.1) is 0 Å². The first-order valence-corrected chi connectivity index (χ1v) is 10.1.